The van der Waals surface area contributed by atoms with Crippen molar-refractivity contribution in [1.82, 2.24) is 9.88 Å². The number of aromatic nitrogens is 1. The van der Waals surface area contributed by atoms with Gasteiger partial charge in [-0.25, -0.2) is 0 Å². The molecule has 1 fully saturated rings. The van der Waals surface area contributed by atoms with E-state index in [-0.39, 0.29) is 17.9 Å². The highest BCUT2D eigenvalue weighted by molar-refractivity contribution is 7.19. The van der Waals surface area contributed by atoms with Gasteiger partial charge in [-0.05, 0) is 63.8 Å². The Morgan fingerprint density at radius 2 is 1.85 bits per heavy atom. The maximum Gasteiger partial charge on any atom is 0.275 e. The van der Waals surface area contributed by atoms with E-state index in [1.807, 2.05) is 32.0 Å². The van der Waals surface area contributed by atoms with Gasteiger partial charge < -0.3 is 9.88 Å². The number of hydrogen-bond donors (Lipinski definition) is 1. The largest absolute Gasteiger partial charge is 0.351 e. The molecule has 0 radical (unpaired) electrons. The van der Waals surface area contributed by atoms with Gasteiger partial charge in [-0.2, -0.15) is 0 Å². The topological polar surface area (TPSA) is 54.3 Å². The molecule has 5 rings (SSSR count). The second kappa shape index (κ2) is 8.88. The second-order valence-corrected chi connectivity index (χ2v) is 11.5. The summed E-state index contributed by atoms with van der Waals surface area (Å²) >= 11 is 1.74. The van der Waals surface area contributed by atoms with Crippen LogP contribution < -0.4 is 10.2 Å². The molecule has 1 aliphatic heterocycles. The van der Waals surface area contributed by atoms with Crippen LogP contribution in [0.3, 0.4) is 0 Å². The lowest BCUT2D eigenvalue weighted by atomic mass is 9.92. The van der Waals surface area contributed by atoms with Gasteiger partial charge in [0.2, 0.25) is 5.91 Å². The van der Waals surface area contributed by atoms with Gasteiger partial charge in [0.15, 0.2) is 0 Å². The molecule has 1 atom stereocenters. The van der Waals surface area contributed by atoms with E-state index < -0.39 is 5.54 Å². The van der Waals surface area contributed by atoms with Crippen LogP contribution in [0.1, 0.15) is 78.9 Å². The van der Waals surface area contributed by atoms with E-state index in [9.17, 15) is 9.59 Å². The van der Waals surface area contributed by atoms with Gasteiger partial charge in [-0.3, -0.25) is 14.5 Å². The molecular formula is C28H35N3O2S. The van der Waals surface area contributed by atoms with Crippen molar-refractivity contribution in [1.29, 1.82) is 0 Å². The number of anilines is 1. The summed E-state index contributed by atoms with van der Waals surface area (Å²) in [6, 6.07) is 10.5. The Kier molecular flexibility index (Phi) is 6.05. The number of fused-ring (bicyclic) bond motifs is 3. The average Bonchev–Trinajstić information content (AvgIpc) is 3.24. The number of amides is 2. The SMILES string of the molecule is CCc1cc2c(cc3n2C[C@](C)(C(=O)NC2CCCCCC2)N(c2ccc(C)cc2C)C3=O)s1. The van der Waals surface area contributed by atoms with Crippen molar-refractivity contribution < 1.29 is 9.59 Å². The third-order valence-corrected chi connectivity index (χ3v) is 8.86. The normalized spacial score (nSPS) is 21.5. The number of thiophene rings is 1. The first kappa shape index (κ1) is 23.2. The summed E-state index contributed by atoms with van der Waals surface area (Å²) in [6.07, 6.45) is 7.78. The monoisotopic (exact) mass is 477 g/mol. The van der Waals surface area contributed by atoms with Gasteiger partial charge in [0.1, 0.15) is 11.2 Å². The van der Waals surface area contributed by atoms with E-state index in [0.717, 1.165) is 59.1 Å². The van der Waals surface area contributed by atoms with E-state index in [4.69, 9.17) is 0 Å². The number of carbonyl (C=O) groups excluding carboxylic acids is 2. The van der Waals surface area contributed by atoms with E-state index in [0.29, 0.717) is 12.2 Å². The van der Waals surface area contributed by atoms with Gasteiger partial charge in [0.05, 0.1) is 16.8 Å². The standard InChI is InChI=1S/C28H35N3O2S/c1-5-21-15-23-25(34-21)16-24-26(32)31(22-13-12-18(2)14-19(22)3)28(4,17-30(23)24)27(33)29-20-10-8-6-7-9-11-20/h12-16,20H,5-11,17H2,1-4H3,(H,29,33)/t28-/m1/s1. The van der Waals surface area contributed by atoms with Gasteiger partial charge in [0.25, 0.3) is 5.91 Å². The fourth-order valence-corrected chi connectivity index (χ4v) is 6.74. The molecule has 5 nitrogen and oxygen atoms in total. The first-order chi connectivity index (χ1) is 16.3. The predicted octanol–water partition coefficient (Wildman–Crippen LogP) is 6.14. The highest BCUT2D eigenvalue weighted by Gasteiger charge is 2.49. The summed E-state index contributed by atoms with van der Waals surface area (Å²) in [5.74, 6) is -0.149. The van der Waals surface area contributed by atoms with Crippen molar-refractivity contribution in [3.8, 4) is 0 Å². The summed E-state index contributed by atoms with van der Waals surface area (Å²) in [6.45, 7) is 8.62. The first-order valence-corrected chi connectivity index (χ1v) is 13.5. The minimum Gasteiger partial charge on any atom is -0.351 e. The van der Waals surface area contributed by atoms with Crippen LogP contribution in [0, 0.1) is 13.8 Å². The Balaban J connectivity index is 1.61. The highest BCUT2D eigenvalue weighted by Crippen LogP contribution is 2.39. The summed E-state index contributed by atoms with van der Waals surface area (Å²) in [5.41, 5.74) is 3.70. The third-order valence-electron chi connectivity index (χ3n) is 7.64. The lowest BCUT2D eigenvalue weighted by Crippen LogP contribution is -2.65. The lowest BCUT2D eigenvalue weighted by molar-refractivity contribution is -0.127. The molecule has 2 amide bonds. The molecule has 3 aromatic rings. The summed E-state index contributed by atoms with van der Waals surface area (Å²) in [7, 11) is 0. The lowest BCUT2D eigenvalue weighted by Gasteiger charge is -2.45. The van der Waals surface area contributed by atoms with Crippen molar-refractivity contribution in [2.45, 2.75) is 90.8 Å². The predicted molar refractivity (Wildman–Crippen MR) is 140 cm³/mol. The molecule has 0 spiro atoms. The Bertz CT molecular complexity index is 1250. The van der Waals surface area contributed by atoms with Gasteiger partial charge >= 0.3 is 0 Å². The summed E-state index contributed by atoms with van der Waals surface area (Å²) in [4.78, 5) is 31.2. The number of rotatable bonds is 4. The molecule has 1 N–H and O–H groups in total. The molecule has 0 saturated heterocycles. The number of hydrogen-bond acceptors (Lipinski definition) is 3. The van der Waals surface area contributed by atoms with Gasteiger partial charge in [0, 0.05) is 16.6 Å². The van der Waals surface area contributed by atoms with E-state index in [2.05, 4.69) is 35.9 Å². The van der Waals surface area contributed by atoms with Crippen molar-refractivity contribution >= 4 is 39.1 Å². The van der Waals surface area contributed by atoms with Crippen LogP contribution in [0.15, 0.2) is 30.3 Å². The van der Waals surface area contributed by atoms with E-state index in [1.165, 1.54) is 17.7 Å². The van der Waals surface area contributed by atoms with Crippen LogP contribution in [0.2, 0.25) is 0 Å². The fourth-order valence-electron chi connectivity index (χ4n) is 5.70. The van der Waals surface area contributed by atoms with Crippen molar-refractivity contribution in [2.24, 2.45) is 0 Å². The minimum absolute atomic E-state index is 0.0498. The Labute approximate surface area is 206 Å². The molecule has 2 aromatic heterocycles. The third kappa shape index (κ3) is 3.86. The smallest absolute Gasteiger partial charge is 0.275 e. The zero-order valence-electron chi connectivity index (χ0n) is 20.7. The van der Waals surface area contributed by atoms with Gasteiger partial charge in [-0.15, -0.1) is 11.3 Å². The van der Waals surface area contributed by atoms with Crippen molar-refractivity contribution in [3.63, 3.8) is 0 Å². The number of benzene rings is 1. The minimum atomic E-state index is -1.02. The zero-order chi connectivity index (χ0) is 24.0. The summed E-state index contributed by atoms with van der Waals surface area (Å²) in [5, 5.41) is 3.36. The zero-order valence-corrected chi connectivity index (χ0v) is 21.6. The molecule has 2 aliphatic rings. The van der Waals surface area contributed by atoms with Crippen LogP contribution >= 0.6 is 11.3 Å². The molecule has 1 aromatic carbocycles. The number of nitrogens with zero attached hydrogens (tertiary/aromatic N) is 2. The van der Waals surface area contributed by atoms with Crippen LogP contribution in [0.5, 0.6) is 0 Å². The van der Waals surface area contributed by atoms with Crippen LogP contribution in [-0.2, 0) is 17.8 Å². The molecule has 0 bridgehead atoms. The quantitative estimate of drug-likeness (QED) is 0.459. The average molecular weight is 478 g/mol. The van der Waals surface area contributed by atoms with Crippen LogP contribution in [0.4, 0.5) is 5.69 Å². The van der Waals surface area contributed by atoms with Crippen LogP contribution in [0.25, 0.3) is 10.2 Å². The molecule has 3 heterocycles. The number of carbonyl (C=O) groups is 2. The van der Waals surface area contributed by atoms with Crippen molar-refractivity contribution in [3.05, 3.63) is 52.0 Å². The molecule has 180 valence electrons. The van der Waals surface area contributed by atoms with E-state index >= 15 is 0 Å². The fraction of sp³-hybridized carbons (Fsp3) is 0.500. The Morgan fingerprint density at radius 3 is 2.53 bits per heavy atom. The van der Waals surface area contributed by atoms with Crippen molar-refractivity contribution in [2.75, 3.05) is 4.90 Å². The molecule has 1 saturated carbocycles. The maximum absolute atomic E-state index is 14.1. The van der Waals surface area contributed by atoms with Crippen LogP contribution in [-0.4, -0.2) is 28.0 Å². The molecule has 1 aliphatic carbocycles. The number of aryl methyl sites for hydroxylation is 3. The Morgan fingerprint density at radius 1 is 1.12 bits per heavy atom. The molecule has 6 heteroatoms. The first-order valence-electron chi connectivity index (χ1n) is 12.7. The maximum atomic E-state index is 14.1. The molecule has 0 unspecified atom stereocenters. The second-order valence-electron chi connectivity index (χ2n) is 10.3. The highest BCUT2D eigenvalue weighted by atomic mass is 32.1. The summed E-state index contributed by atoms with van der Waals surface area (Å²) < 4.78 is 3.20. The van der Waals surface area contributed by atoms with Gasteiger partial charge in [-0.1, -0.05) is 50.3 Å². The molecule has 34 heavy (non-hydrogen) atoms. The van der Waals surface area contributed by atoms with E-state index in [1.54, 1.807) is 16.2 Å². The Hall–Kier alpha value is -2.60. The molecular weight excluding hydrogens is 442 g/mol. The number of nitrogens with one attached hydrogen (secondary N) is 1.